The summed E-state index contributed by atoms with van der Waals surface area (Å²) in [6.45, 7) is 4.13. The summed E-state index contributed by atoms with van der Waals surface area (Å²) in [5.74, 6) is -2.18. The number of ether oxygens (including phenoxy) is 4. The van der Waals surface area contributed by atoms with Gasteiger partial charge in [-0.25, -0.2) is 4.79 Å². The van der Waals surface area contributed by atoms with E-state index >= 15 is 0 Å². The molecule has 5 atom stereocenters. The quantitative estimate of drug-likeness (QED) is 0.421. The largest absolute Gasteiger partial charge is 0.467 e. The van der Waals surface area contributed by atoms with Crippen molar-refractivity contribution in [3.8, 4) is 0 Å². The third-order valence-electron chi connectivity index (χ3n) is 2.89. The first-order valence-corrected chi connectivity index (χ1v) is 6.91. The molecule has 0 aliphatic carbocycles. The molecule has 7 nitrogen and oxygen atoms in total. The highest BCUT2D eigenvalue weighted by Crippen LogP contribution is 2.33. The molecule has 114 valence electrons. The second kappa shape index (κ2) is 7.03. The standard InChI is InChI=1S/C12H17BrO7/c1-5-8(18-6(2)14)10(19-7(3)15)11(13)20-9(5)12(16)17-4/h5,8-11H,1-4H3/t5-,8-,9-,10+,11-/m0/s1. The number of methoxy groups -OCH3 is 1. The number of rotatable bonds is 3. The Kier molecular flexibility index (Phi) is 5.94. The number of hydrogen-bond donors (Lipinski definition) is 0. The molecule has 8 heteroatoms. The van der Waals surface area contributed by atoms with E-state index < -0.39 is 47.2 Å². The zero-order chi connectivity index (χ0) is 15.4. The maximum Gasteiger partial charge on any atom is 0.335 e. The minimum atomic E-state index is -0.916. The van der Waals surface area contributed by atoms with Crippen LogP contribution in [0.5, 0.6) is 0 Å². The summed E-state index contributed by atoms with van der Waals surface area (Å²) in [5, 5.41) is -0.781. The lowest BCUT2D eigenvalue weighted by Crippen LogP contribution is -2.56. The first kappa shape index (κ1) is 16.9. The van der Waals surface area contributed by atoms with Crippen LogP contribution in [0.25, 0.3) is 0 Å². The van der Waals surface area contributed by atoms with E-state index in [4.69, 9.17) is 14.2 Å². The third-order valence-corrected chi connectivity index (χ3v) is 3.63. The van der Waals surface area contributed by atoms with Gasteiger partial charge in [-0.2, -0.15) is 0 Å². The summed E-state index contributed by atoms with van der Waals surface area (Å²) < 4.78 is 20.4. The van der Waals surface area contributed by atoms with Crippen LogP contribution in [0, 0.1) is 5.92 Å². The molecule has 20 heavy (non-hydrogen) atoms. The zero-order valence-corrected chi connectivity index (χ0v) is 13.2. The summed E-state index contributed by atoms with van der Waals surface area (Å²) in [6, 6.07) is 0. The minimum absolute atomic E-state index is 0.524. The summed E-state index contributed by atoms with van der Waals surface area (Å²) in [5.41, 5.74) is 0. The Bertz CT molecular complexity index is 397. The number of alkyl halides is 1. The van der Waals surface area contributed by atoms with Crippen molar-refractivity contribution in [1.82, 2.24) is 0 Å². The molecule has 0 aromatic rings. The molecule has 0 aromatic heterocycles. The Balaban J connectivity index is 2.99. The maximum atomic E-state index is 11.7. The van der Waals surface area contributed by atoms with Gasteiger partial charge in [-0.05, 0) is 0 Å². The predicted molar refractivity (Wildman–Crippen MR) is 69.9 cm³/mol. The van der Waals surface area contributed by atoms with Crippen LogP contribution in [0.1, 0.15) is 20.8 Å². The van der Waals surface area contributed by atoms with Crippen molar-refractivity contribution < 1.29 is 33.3 Å². The van der Waals surface area contributed by atoms with Gasteiger partial charge in [-0.3, -0.25) is 9.59 Å². The van der Waals surface area contributed by atoms with Gasteiger partial charge in [0.1, 0.15) is 6.10 Å². The van der Waals surface area contributed by atoms with Gasteiger partial charge >= 0.3 is 17.9 Å². The zero-order valence-electron chi connectivity index (χ0n) is 11.6. The molecule has 1 rings (SSSR count). The van der Waals surface area contributed by atoms with E-state index in [1.165, 1.54) is 21.0 Å². The van der Waals surface area contributed by atoms with Crippen LogP contribution in [0.3, 0.4) is 0 Å². The molecule has 1 aliphatic rings. The molecule has 1 aliphatic heterocycles. The molecular formula is C12H17BrO7. The molecule has 0 spiro atoms. The number of carbonyl (C=O) groups is 3. The van der Waals surface area contributed by atoms with E-state index in [1.807, 2.05) is 0 Å². The first-order valence-electron chi connectivity index (χ1n) is 5.99. The molecule has 0 N–H and O–H groups in total. The predicted octanol–water partition coefficient (Wildman–Crippen LogP) is 0.779. The van der Waals surface area contributed by atoms with Crippen LogP contribution in [0.15, 0.2) is 0 Å². The van der Waals surface area contributed by atoms with Gasteiger partial charge in [0.15, 0.2) is 17.2 Å². The normalized spacial score (nSPS) is 33.1. The highest BCUT2D eigenvalue weighted by Gasteiger charge is 2.49. The van der Waals surface area contributed by atoms with Crippen molar-refractivity contribution in [2.24, 2.45) is 5.92 Å². The second-order valence-corrected chi connectivity index (χ2v) is 5.34. The lowest BCUT2D eigenvalue weighted by atomic mass is 9.91. The molecule has 0 unspecified atom stereocenters. The van der Waals surface area contributed by atoms with Crippen molar-refractivity contribution >= 4 is 33.8 Å². The second-order valence-electron chi connectivity index (χ2n) is 4.44. The average molecular weight is 353 g/mol. The van der Waals surface area contributed by atoms with Crippen molar-refractivity contribution in [2.45, 2.75) is 44.1 Å². The lowest BCUT2D eigenvalue weighted by molar-refractivity contribution is -0.212. The highest BCUT2D eigenvalue weighted by molar-refractivity contribution is 9.09. The van der Waals surface area contributed by atoms with Crippen molar-refractivity contribution in [3.63, 3.8) is 0 Å². The molecule has 1 saturated heterocycles. The molecule has 0 saturated carbocycles. The first-order chi connectivity index (χ1) is 9.27. The maximum absolute atomic E-state index is 11.7. The van der Waals surface area contributed by atoms with Crippen molar-refractivity contribution in [3.05, 3.63) is 0 Å². The average Bonchev–Trinajstić information content (AvgIpc) is 2.36. The van der Waals surface area contributed by atoms with E-state index in [-0.39, 0.29) is 0 Å². The molecule has 0 bridgehead atoms. The van der Waals surface area contributed by atoms with Gasteiger partial charge in [0.05, 0.1) is 7.11 Å². The Morgan fingerprint density at radius 2 is 1.55 bits per heavy atom. The Morgan fingerprint density at radius 1 is 1.05 bits per heavy atom. The summed E-state index contributed by atoms with van der Waals surface area (Å²) in [4.78, 5) is 34.0. The topological polar surface area (TPSA) is 88.1 Å². The number of esters is 3. The van der Waals surface area contributed by atoms with Gasteiger partial charge in [0.2, 0.25) is 0 Å². The molecule has 0 aromatic carbocycles. The Hall–Kier alpha value is -1.15. The van der Waals surface area contributed by atoms with E-state index in [2.05, 4.69) is 20.7 Å². The fourth-order valence-electron chi connectivity index (χ4n) is 2.03. The molecule has 1 fully saturated rings. The van der Waals surface area contributed by atoms with Crippen LogP contribution in [-0.2, 0) is 33.3 Å². The van der Waals surface area contributed by atoms with Crippen LogP contribution in [0.4, 0.5) is 0 Å². The van der Waals surface area contributed by atoms with Crippen LogP contribution < -0.4 is 0 Å². The van der Waals surface area contributed by atoms with Gasteiger partial charge in [0.25, 0.3) is 0 Å². The van der Waals surface area contributed by atoms with Gasteiger partial charge < -0.3 is 18.9 Å². The Labute approximate surface area is 125 Å². The van der Waals surface area contributed by atoms with E-state index in [0.29, 0.717) is 0 Å². The van der Waals surface area contributed by atoms with Crippen molar-refractivity contribution in [2.75, 3.05) is 7.11 Å². The molecular weight excluding hydrogens is 336 g/mol. The van der Waals surface area contributed by atoms with E-state index in [9.17, 15) is 14.4 Å². The van der Waals surface area contributed by atoms with Gasteiger partial charge in [-0.15, -0.1) is 0 Å². The van der Waals surface area contributed by atoms with Gasteiger partial charge in [0, 0.05) is 19.8 Å². The SMILES string of the molecule is COC(=O)[C@H]1O[C@H](Br)[C@H](OC(C)=O)[C@@H](OC(C)=O)[C@@H]1C. The molecule has 0 radical (unpaired) electrons. The Morgan fingerprint density at radius 3 is 2.00 bits per heavy atom. The van der Waals surface area contributed by atoms with Crippen LogP contribution in [0.2, 0.25) is 0 Å². The third kappa shape index (κ3) is 3.92. The summed E-state index contributed by atoms with van der Waals surface area (Å²) in [6.07, 6.45) is -2.56. The van der Waals surface area contributed by atoms with E-state index in [0.717, 1.165) is 0 Å². The van der Waals surface area contributed by atoms with Crippen molar-refractivity contribution in [1.29, 1.82) is 0 Å². The molecule has 0 amide bonds. The van der Waals surface area contributed by atoms with E-state index in [1.54, 1.807) is 6.92 Å². The number of halogens is 1. The molecule has 1 heterocycles. The summed E-state index contributed by atoms with van der Waals surface area (Å²) in [7, 11) is 1.24. The smallest absolute Gasteiger partial charge is 0.335 e. The minimum Gasteiger partial charge on any atom is -0.467 e. The van der Waals surface area contributed by atoms with Gasteiger partial charge in [-0.1, -0.05) is 22.9 Å². The number of carbonyl (C=O) groups excluding carboxylic acids is 3. The summed E-state index contributed by atoms with van der Waals surface area (Å²) >= 11 is 3.18. The monoisotopic (exact) mass is 352 g/mol. The lowest BCUT2D eigenvalue weighted by Gasteiger charge is -2.41. The number of hydrogen-bond acceptors (Lipinski definition) is 7. The fraction of sp³-hybridized carbons (Fsp3) is 0.750. The van der Waals surface area contributed by atoms with Crippen LogP contribution >= 0.6 is 15.9 Å². The van der Waals surface area contributed by atoms with Crippen LogP contribution in [-0.4, -0.2) is 48.3 Å². The highest BCUT2D eigenvalue weighted by atomic mass is 79.9. The fourth-order valence-corrected chi connectivity index (χ4v) is 2.67.